The summed E-state index contributed by atoms with van der Waals surface area (Å²) < 4.78 is 0.947. The van der Waals surface area contributed by atoms with E-state index in [0.29, 0.717) is 0 Å². The van der Waals surface area contributed by atoms with Gasteiger partial charge >= 0.3 is 56.4 Å². The van der Waals surface area contributed by atoms with Crippen LogP contribution in [-0.4, -0.2) is 11.2 Å². The van der Waals surface area contributed by atoms with Gasteiger partial charge in [0.15, 0.2) is 0 Å². The maximum atomic E-state index is 8.78. The van der Waals surface area contributed by atoms with Crippen LogP contribution in [0.5, 0.6) is 0 Å². The molecule has 0 saturated heterocycles. The summed E-state index contributed by atoms with van der Waals surface area (Å²) in [5.74, 6) is 0. The number of hydrogen-bond acceptors (Lipinski definition) is 1. The second-order valence-corrected chi connectivity index (χ2v) is 2.17. The zero-order valence-electron chi connectivity index (χ0n) is 5.64. The van der Waals surface area contributed by atoms with Gasteiger partial charge in [0.1, 0.15) is 0 Å². The van der Waals surface area contributed by atoms with Crippen molar-refractivity contribution in [3.8, 4) is 0 Å². The van der Waals surface area contributed by atoms with Gasteiger partial charge in [0, 0.05) is 0 Å². The molecule has 1 aromatic carbocycles. The molecule has 0 aliphatic rings. The Morgan fingerprint density at radius 3 is 1.91 bits per heavy atom. The van der Waals surface area contributed by atoms with Crippen molar-refractivity contribution >= 4 is 10.6 Å². The molecule has 0 atom stereocenters. The van der Waals surface area contributed by atoms with E-state index in [4.69, 9.17) is 9.90 Å². The van der Waals surface area contributed by atoms with E-state index >= 15 is 0 Å². The Labute approximate surface area is 72.6 Å². The van der Waals surface area contributed by atoms with Gasteiger partial charge in [-0.15, -0.1) is 0 Å². The first-order valence-electron chi connectivity index (χ1n) is 2.79. The molecule has 3 N–H and O–H groups in total. The summed E-state index contributed by atoms with van der Waals surface area (Å²) in [6, 6.07) is 9.68. The van der Waals surface area contributed by atoms with Gasteiger partial charge in [-0.25, -0.2) is 4.79 Å². The van der Waals surface area contributed by atoms with Crippen LogP contribution in [0.25, 0.3) is 0 Å². The molecule has 1 rings (SSSR count). The molecule has 0 aliphatic carbocycles. The van der Waals surface area contributed by atoms with Gasteiger partial charge in [0.25, 0.3) is 0 Å². The topological polar surface area (TPSA) is 63.3 Å². The van der Waals surface area contributed by atoms with Gasteiger partial charge in [-0.05, 0) is 0 Å². The predicted molar refractivity (Wildman–Crippen MR) is 38.3 cm³/mol. The molecule has 0 unspecified atom stereocenters. The van der Waals surface area contributed by atoms with Gasteiger partial charge in [0.05, 0.1) is 0 Å². The second-order valence-electron chi connectivity index (χ2n) is 1.60. The molecule has 0 heterocycles. The molecule has 0 spiro atoms. The van der Waals surface area contributed by atoms with Crippen LogP contribution in [0.3, 0.4) is 0 Å². The Morgan fingerprint density at radius 2 is 1.73 bits per heavy atom. The summed E-state index contributed by atoms with van der Waals surface area (Å²) >= 11 is 4.54. The summed E-state index contributed by atoms with van der Waals surface area (Å²) in [5, 5.41) is 7.19. The molecule has 3 nitrogen and oxygen atoms in total. The summed E-state index contributed by atoms with van der Waals surface area (Å²) in [6.07, 6.45) is -1.33. The van der Waals surface area contributed by atoms with E-state index in [1.807, 2.05) is 30.3 Å². The molecule has 4 heteroatoms. The number of amides is 1. The Balaban J connectivity index is 0.000000218. The predicted octanol–water partition coefficient (Wildman–Crippen LogP) is 0.482. The van der Waals surface area contributed by atoms with E-state index in [-0.39, 0.29) is 0 Å². The van der Waals surface area contributed by atoms with Gasteiger partial charge in [-0.3, -0.25) is 0 Å². The number of nitrogens with two attached hydrogens (primary N) is 1. The van der Waals surface area contributed by atoms with Crippen LogP contribution in [0, 0.1) is 0 Å². The number of rotatable bonds is 0. The fourth-order valence-corrected chi connectivity index (χ4v) is 0.593. The quantitative estimate of drug-likeness (QED) is 0.594. The zero-order chi connectivity index (χ0) is 8.69. The average Bonchev–Trinajstić information content (AvgIpc) is 1.87. The molecule has 0 aromatic heterocycles. The standard InChI is InChI=1S/C6H5.CH3NO2.Ni/c1-2-4-6-5-3-1;2-1(3)4;/h1-5H;2H2,(H,3,4);. The molecule has 11 heavy (non-hydrogen) atoms. The normalized spacial score (nSPS) is 7.82. The Kier molecular flexibility index (Phi) is 5.21. The molecule has 0 radical (unpaired) electrons. The van der Waals surface area contributed by atoms with Crippen molar-refractivity contribution in [1.82, 2.24) is 0 Å². The number of carbonyl (C=O) groups is 1. The summed E-state index contributed by atoms with van der Waals surface area (Å²) in [5.41, 5.74) is 4.03. The molecule has 0 fully saturated rings. The summed E-state index contributed by atoms with van der Waals surface area (Å²) in [7, 11) is 0. The third-order valence-corrected chi connectivity index (χ3v) is 1.04. The first-order valence-corrected chi connectivity index (χ1v) is 3.28. The number of carboxylic acid groups (broad SMARTS) is 1. The molecular weight excluding hydrogens is 189 g/mol. The van der Waals surface area contributed by atoms with Crippen LogP contribution in [0.4, 0.5) is 4.79 Å². The Bertz CT molecular complexity index is 209. The average molecular weight is 197 g/mol. The van der Waals surface area contributed by atoms with Crippen molar-refractivity contribution in [2.45, 2.75) is 0 Å². The van der Waals surface area contributed by atoms with Gasteiger partial charge in [-0.2, -0.15) is 0 Å². The molecule has 63 valence electrons. The monoisotopic (exact) mass is 196 g/mol. The van der Waals surface area contributed by atoms with Gasteiger partial charge in [0.2, 0.25) is 0 Å². The number of benzene rings is 1. The van der Waals surface area contributed by atoms with Crippen molar-refractivity contribution in [3.05, 3.63) is 30.3 Å². The van der Waals surface area contributed by atoms with E-state index in [2.05, 4.69) is 21.2 Å². The molecule has 1 aromatic rings. The van der Waals surface area contributed by atoms with Crippen molar-refractivity contribution in [3.63, 3.8) is 0 Å². The zero-order valence-corrected chi connectivity index (χ0v) is 6.62. The van der Waals surface area contributed by atoms with E-state index in [1.165, 1.54) is 0 Å². The van der Waals surface area contributed by atoms with Crippen molar-refractivity contribution < 1.29 is 25.4 Å². The van der Waals surface area contributed by atoms with E-state index in [0.717, 1.165) is 4.53 Å². The van der Waals surface area contributed by atoms with Gasteiger partial charge < -0.3 is 10.8 Å². The van der Waals surface area contributed by atoms with Crippen LogP contribution in [0.15, 0.2) is 30.3 Å². The summed E-state index contributed by atoms with van der Waals surface area (Å²) in [6.45, 7) is 0. The van der Waals surface area contributed by atoms with Crippen molar-refractivity contribution in [2.75, 3.05) is 0 Å². The molecule has 1 amide bonds. The Morgan fingerprint density at radius 1 is 1.36 bits per heavy atom. The van der Waals surface area contributed by atoms with E-state index in [9.17, 15) is 0 Å². The number of hydrogen-bond donors (Lipinski definition) is 2. The van der Waals surface area contributed by atoms with Crippen LogP contribution >= 0.6 is 0 Å². The first-order chi connectivity index (χ1) is 5.13. The Hall–Kier alpha value is -1.02. The third kappa shape index (κ3) is 8.98. The second kappa shape index (κ2) is 5.74. The third-order valence-electron chi connectivity index (χ3n) is 0.713. The minimum absolute atomic E-state index is 0.947. The van der Waals surface area contributed by atoms with Crippen molar-refractivity contribution in [1.29, 1.82) is 0 Å². The molecule has 0 aliphatic heterocycles. The maximum absolute atomic E-state index is 8.78. The fraction of sp³-hybridized carbons (Fsp3) is 0. The van der Waals surface area contributed by atoms with Crippen LogP contribution in [0.2, 0.25) is 0 Å². The van der Waals surface area contributed by atoms with Crippen LogP contribution in [0.1, 0.15) is 0 Å². The first kappa shape index (κ1) is 9.98. The van der Waals surface area contributed by atoms with Gasteiger partial charge in [-0.1, -0.05) is 0 Å². The van der Waals surface area contributed by atoms with E-state index < -0.39 is 6.09 Å². The van der Waals surface area contributed by atoms with Crippen LogP contribution < -0.4 is 10.3 Å². The van der Waals surface area contributed by atoms with E-state index in [1.54, 1.807) is 0 Å². The SMILES string of the molecule is NC(=O)O.[Ni][c]1ccccc1. The number of primary amides is 1. The van der Waals surface area contributed by atoms with Crippen molar-refractivity contribution in [2.24, 2.45) is 5.73 Å². The molecule has 0 saturated carbocycles. The fourth-order valence-electron chi connectivity index (χ4n) is 0.403. The molecular formula is C7H8NNiO2. The van der Waals surface area contributed by atoms with Crippen LogP contribution in [-0.2, 0) is 15.5 Å². The summed E-state index contributed by atoms with van der Waals surface area (Å²) in [4.78, 5) is 8.78. The minimum atomic E-state index is -1.33. The molecule has 0 bridgehead atoms.